The third-order valence-corrected chi connectivity index (χ3v) is 6.56. The van der Waals surface area contributed by atoms with Crippen LogP contribution in [0.25, 0.3) is 11.3 Å². The van der Waals surface area contributed by atoms with Crippen LogP contribution in [0.3, 0.4) is 0 Å². The van der Waals surface area contributed by atoms with E-state index in [0.29, 0.717) is 5.69 Å². The molecule has 0 fully saturated rings. The second kappa shape index (κ2) is 6.95. The molecule has 130 valence electrons. The number of rotatable bonds is 5. The number of nitrogens with zero attached hydrogens (tertiary/aromatic N) is 1. The van der Waals surface area contributed by atoms with Gasteiger partial charge in [0.25, 0.3) is 10.0 Å². The first kappa shape index (κ1) is 17.6. The van der Waals surface area contributed by atoms with Crippen molar-refractivity contribution in [3.8, 4) is 11.3 Å². The van der Waals surface area contributed by atoms with Gasteiger partial charge in [0.2, 0.25) is 0 Å². The molecule has 0 bridgehead atoms. The van der Waals surface area contributed by atoms with E-state index in [1.165, 1.54) is 18.6 Å². The lowest BCUT2D eigenvalue weighted by Gasteiger charge is -2.08. The van der Waals surface area contributed by atoms with Gasteiger partial charge in [-0.05, 0) is 30.5 Å². The van der Waals surface area contributed by atoms with Gasteiger partial charge in [-0.3, -0.25) is 4.72 Å². The molecule has 0 saturated carbocycles. The van der Waals surface area contributed by atoms with E-state index in [1.54, 1.807) is 35.6 Å². The van der Waals surface area contributed by atoms with Crippen molar-refractivity contribution in [2.75, 3.05) is 11.8 Å². The molecule has 0 unspecified atom stereocenters. The fourth-order valence-electron chi connectivity index (χ4n) is 2.17. The van der Waals surface area contributed by atoms with E-state index in [9.17, 15) is 13.2 Å². The maximum atomic E-state index is 12.5. The van der Waals surface area contributed by atoms with E-state index in [-0.39, 0.29) is 9.77 Å². The largest absolute Gasteiger partial charge is 0.465 e. The Kier molecular flexibility index (Phi) is 4.89. The van der Waals surface area contributed by atoms with E-state index in [4.69, 9.17) is 0 Å². The summed E-state index contributed by atoms with van der Waals surface area (Å²) in [7, 11) is -2.67. The molecule has 1 aromatic carbocycles. The number of aromatic nitrogens is 1. The van der Waals surface area contributed by atoms with Crippen LogP contribution in [0.5, 0.6) is 0 Å². The molecule has 2 heterocycles. The molecule has 6 nitrogen and oxygen atoms in total. The van der Waals surface area contributed by atoms with Crippen molar-refractivity contribution in [1.82, 2.24) is 4.98 Å². The zero-order valence-corrected chi connectivity index (χ0v) is 15.8. The van der Waals surface area contributed by atoms with Gasteiger partial charge >= 0.3 is 5.97 Å². The van der Waals surface area contributed by atoms with Crippen LogP contribution in [0.15, 0.2) is 46.0 Å². The SMILES string of the molecule is COC(=O)c1sccc1S(=O)(=O)Nc1ccc(-c2csc(C)n2)cc1. The topological polar surface area (TPSA) is 85.4 Å². The molecule has 2 aromatic heterocycles. The Morgan fingerprint density at radius 2 is 1.88 bits per heavy atom. The number of carbonyl (C=O) groups is 1. The molecule has 0 aliphatic rings. The minimum absolute atomic E-state index is 0.0459. The lowest BCUT2D eigenvalue weighted by atomic mass is 10.1. The van der Waals surface area contributed by atoms with Crippen molar-refractivity contribution in [1.29, 1.82) is 0 Å². The zero-order chi connectivity index (χ0) is 18.0. The normalized spacial score (nSPS) is 11.3. The van der Waals surface area contributed by atoms with Crippen LogP contribution >= 0.6 is 22.7 Å². The molecule has 0 aliphatic carbocycles. The number of anilines is 1. The average molecular weight is 394 g/mol. The number of ether oxygens (including phenoxy) is 1. The lowest BCUT2D eigenvalue weighted by Crippen LogP contribution is -2.15. The summed E-state index contributed by atoms with van der Waals surface area (Å²) < 4.78 is 32.2. The van der Waals surface area contributed by atoms with E-state index in [0.717, 1.165) is 27.6 Å². The number of carbonyl (C=O) groups excluding carboxylic acids is 1. The highest BCUT2D eigenvalue weighted by atomic mass is 32.2. The Morgan fingerprint density at radius 1 is 1.16 bits per heavy atom. The second-order valence-corrected chi connectivity index (χ2v) is 8.67. The first-order chi connectivity index (χ1) is 11.9. The van der Waals surface area contributed by atoms with Gasteiger partial charge in [0.05, 0.1) is 17.8 Å². The number of hydrogen-bond donors (Lipinski definition) is 1. The summed E-state index contributed by atoms with van der Waals surface area (Å²) in [6, 6.07) is 8.28. The molecular weight excluding hydrogens is 380 g/mol. The number of thiophene rings is 1. The van der Waals surface area contributed by atoms with E-state index < -0.39 is 16.0 Å². The van der Waals surface area contributed by atoms with Crippen LogP contribution in [-0.2, 0) is 14.8 Å². The molecule has 3 rings (SSSR count). The van der Waals surface area contributed by atoms with Crippen LogP contribution in [-0.4, -0.2) is 26.5 Å². The third kappa shape index (κ3) is 3.73. The highest BCUT2D eigenvalue weighted by Crippen LogP contribution is 2.27. The van der Waals surface area contributed by atoms with Gasteiger partial charge in [0, 0.05) is 16.6 Å². The molecule has 0 saturated heterocycles. The van der Waals surface area contributed by atoms with Crippen molar-refractivity contribution in [3.05, 3.63) is 51.0 Å². The molecule has 0 atom stereocenters. The van der Waals surface area contributed by atoms with Gasteiger partial charge in [0.1, 0.15) is 9.77 Å². The Morgan fingerprint density at radius 3 is 2.48 bits per heavy atom. The maximum absolute atomic E-state index is 12.5. The number of hydrogen-bond acceptors (Lipinski definition) is 7. The predicted octanol–water partition coefficient (Wildman–Crippen LogP) is 3.77. The van der Waals surface area contributed by atoms with Crippen molar-refractivity contribution < 1.29 is 17.9 Å². The summed E-state index contributed by atoms with van der Waals surface area (Å²) in [5.41, 5.74) is 2.15. The molecule has 0 spiro atoms. The van der Waals surface area contributed by atoms with Crippen LogP contribution in [0, 0.1) is 6.92 Å². The molecule has 25 heavy (non-hydrogen) atoms. The third-order valence-electron chi connectivity index (χ3n) is 3.34. The van der Waals surface area contributed by atoms with Gasteiger partial charge in [-0.15, -0.1) is 22.7 Å². The molecule has 3 aromatic rings. The first-order valence-electron chi connectivity index (χ1n) is 7.12. The minimum atomic E-state index is -3.88. The number of sulfonamides is 1. The fourth-order valence-corrected chi connectivity index (χ4v) is 5.18. The maximum Gasteiger partial charge on any atom is 0.349 e. The Balaban J connectivity index is 1.84. The van der Waals surface area contributed by atoms with Crippen LogP contribution in [0.4, 0.5) is 5.69 Å². The zero-order valence-electron chi connectivity index (χ0n) is 13.3. The van der Waals surface area contributed by atoms with E-state index in [1.807, 2.05) is 12.3 Å². The van der Waals surface area contributed by atoms with Crippen molar-refractivity contribution >= 4 is 44.4 Å². The van der Waals surface area contributed by atoms with Crippen molar-refractivity contribution in [3.63, 3.8) is 0 Å². The fraction of sp³-hybridized carbons (Fsp3) is 0.125. The molecule has 9 heteroatoms. The smallest absolute Gasteiger partial charge is 0.349 e. The molecule has 1 N–H and O–H groups in total. The monoisotopic (exact) mass is 394 g/mol. The van der Waals surface area contributed by atoms with E-state index >= 15 is 0 Å². The number of esters is 1. The van der Waals surface area contributed by atoms with Crippen molar-refractivity contribution in [2.24, 2.45) is 0 Å². The number of aryl methyl sites for hydroxylation is 1. The van der Waals surface area contributed by atoms with Gasteiger partial charge < -0.3 is 4.74 Å². The highest BCUT2D eigenvalue weighted by Gasteiger charge is 2.24. The summed E-state index contributed by atoms with van der Waals surface area (Å²) in [5, 5.41) is 4.45. The van der Waals surface area contributed by atoms with E-state index in [2.05, 4.69) is 14.4 Å². The predicted molar refractivity (Wildman–Crippen MR) is 98.8 cm³/mol. The summed E-state index contributed by atoms with van der Waals surface area (Å²) in [5.74, 6) is -0.676. The Hall–Kier alpha value is -2.23. The van der Waals surface area contributed by atoms with Crippen molar-refractivity contribution in [2.45, 2.75) is 11.8 Å². The quantitative estimate of drug-likeness (QED) is 0.666. The molecular formula is C16H14N2O4S3. The van der Waals surface area contributed by atoms with Crippen LogP contribution < -0.4 is 4.72 Å². The van der Waals surface area contributed by atoms with Gasteiger partial charge in [0.15, 0.2) is 0 Å². The Bertz CT molecular complexity index is 1000. The van der Waals surface area contributed by atoms with Gasteiger partial charge in [-0.25, -0.2) is 18.2 Å². The number of nitrogens with one attached hydrogen (secondary N) is 1. The number of benzene rings is 1. The first-order valence-corrected chi connectivity index (χ1v) is 10.4. The lowest BCUT2D eigenvalue weighted by molar-refractivity contribution is 0.0602. The molecule has 0 aliphatic heterocycles. The number of methoxy groups -OCH3 is 1. The summed E-state index contributed by atoms with van der Waals surface area (Å²) in [6.45, 7) is 1.93. The molecule has 0 radical (unpaired) electrons. The summed E-state index contributed by atoms with van der Waals surface area (Å²) in [4.78, 5) is 16.0. The summed E-state index contributed by atoms with van der Waals surface area (Å²) >= 11 is 2.57. The average Bonchev–Trinajstić information content (AvgIpc) is 3.24. The minimum Gasteiger partial charge on any atom is -0.465 e. The standard InChI is InChI=1S/C16H14N2O4S3/c1-10-17-13(9-24-10)11-3-5-12(6-4-11)18-25(20,21)14-7-8-23-15(14)16(19)22-2/h3-9,18H,1-2H3. The second-order valence-electron chi connectivity index (χ2n) is 5.04. The highest BCUT2D eigenvalue weighted by molar-refractivity contribution is 7.93. The van der Waals surface area contributed by atoms with Gasteiger partial charge in [-0.2, -0.15) is 0 Å². The summed E-state index contributed by atoms with van der Waals surface area (Å²) in [6.07, 6.45) is 0. The van der Waals surface area contributed by atoms with Gasteiger partial charge in [-0.1, -0.05) is 12.1 Å². The Labute approximate surface area is 153 Å². The number of thiazole rings is 1. The van der Waals surface area contributed by atoms with Crippen LogP contribution in [0.1, 0.15) is 14.7 Å². The molecule has 0 amide bonds. The van der Waals surface area contributed by atoms with Crippen LogP contribution in [0.2, 0.25) is 0 Å².